The first-order valence-corrected chi connectivity index (χ1v) is 8.43. The third-order valence-corrected chi connectivity index (χ3v) is 4.57. The van der Waals surface area contributed by atoms with Gasteiger partial charge in [-0.1, -0.05) is 36.6 Å². The molecule has 1 saturated carbocycles. The fourth-order valence-corrected chi connectivity index (χ4v) is 3.38. The Balaban J connectivity index is 1.48. The van der Waals surface area contributed by atoms with Crippen molar-refractivity contribution < 1.29 is 4.79 Å². The van der Waals surface area contributed by atoms with Gasteiger partial charge in [-0.2, -0.15) is 5.10 Å². The summed E-state index contributed by atoms with van der Waals surface area (Å²) in [6.45, 7) is 0.135. The zero-order chi connectivity index (χ0) is 16.4. The number of amides is 1. The first kappa shape index (κ1) is 14.9. The highest BCUT2D eigenvalue weighted by atomic mass is 16.2. The monoisotopic (exact) mass is 324 g/mol. The largest absolute Gasteiger partial charge is 0.309 e. The Labute approximate surface area is 139 Å². The van der Waals surface area contributed by atoms with Gasteiger partial charge < -0.3 is 5.32 Å². The minimum atomic E-state index is -0.122. The van der Waals surface area contributed by atoms with Crippen LogP contribution in [0.5, 0.6) is 0 Å². The van der Waals surface area contributed by atoms with Gasteiger partial charge in [0.25, 0.3) is 0 Å². The molecule has 124 valence electrons. The van der Waals surface area contributed by atoms with E-state index in [1.807, 2.05) is 35.0 Å². The molecule has 0 spiro atoms. The molecule has 7 heteroatoms. The smallest absolute Gasteiger partial charge is 0.247 e. The van der Waals surface area contributed by atoms with Gasteiger partial charge >= 0.3 is 0 Å². The highest BCUT2D eigenvalue weighted by Crippen LogP contribution is 2.29. The second-order valence-corrected chi connectivity index (χ2v) is 6.24. The molecule has 0 saturated heterocycles. The number of carbonyl (C=O) groups excluding carboxylic acids is 1. The SMILES string of the molecule is O=C(Cn1nnc2ccccc21)Nc1ccnn1C1CCCCC1. The molecule has 0 radical (unpaired) electrons. The van der Waals surface area contributed by atoms with E-state index in [-0.39, 0.29) is 12.5 Å². The van der Waals surface area contributed by atoms with E-state index in [1.165, 1.54) is 19.3 Å². The lowest BCUT2D eigenvalue weighted by molar-refractivity contribution is -0.116. The maximum absolute atomic E-state index is 12.4. The van der Waals surface area contributed by atoms with Crippen LogP contribution in [0.15, 0.2) is 36.5 Å². The Morgan fingerprint density at radius 1 is 1.17 bits per heavy atom. The number of hydrogen-bond donors (Lipinski definition) is 1. The van der Waals surface area contributed by atoms with E-state index in [0.717, 1.165) is 29.7 Å². The molecule has 1 aromatic carbocycles. The normalized spacial score (nSPS) is 15.7. The van der Waals surface area contributed by atoms with Crippen LogP contribution in [0.1, 0.15) is 38.1 Å². The van der Waals surface area contributed by atoms with Gasteiger partial charge in [0, 0.05) is 6.07 Å². The second-order valence-electron chi connectivity index (χ2n) is 6.24. The highest BCUT2D eigenvalue weighted by Gasteiger charge is 2.19. The van der Waals surface area contributed by atoms with E-state index >= 15 is 0 Å². The summed E-state index contributed by atoms with van der Waals surface area (Å²) in [4.78, 5) is 12.4. The zero-order valence-corrected chi connectivity index (χ0v) is 13.4. The summed E-state index contributed by atoms with van der Waals surface area (Å²) in [6, 6.07) is 9.86. The lowest BCUT2D eigenvalue weighted by Crippen LogP contribution is -2.23. The number of nitrogens with zero attached hydrogens (tertiary/aromatic N) is 5. The van der Waals surface area contributed by atoms with Crippen molar-refractivity contribution in [3.63, 3.8) is 0 Å². The Bertz CT molecular complexity index is 846. The lowest BCUT2D eigenvalue weighted by atomic mass is 9.96. The minimum absolute atomic E-state index is 0.122. The molecule has 0 bridgehead atoms. The van der Waals surface area contributed by atoms with E-state index < -0.39 is 0 Å². The number of anilines is 1. The summed E-state index contributed by atoms with van der Waals surface area (Å²) in [7, 11) is 0. The molecule has 1 aliphatic carbocycles. The predicted octanol–water partition coefficient (Wildman–Crippen LogP) is 2.77. The average Bonchev–Trinajstić information content (AvgIpc) is 3.23. The number of fused-ring (bicyclic) bond motifs is 1. The summed E-state index contributed by atoms with van der Waals surface area (Å²) in [6.07, 6.45) is 7.73. The summed E-state index contributed by atoms with van der Waals surface area (Å²) in [5.74, 6) is 0.638. The summed E-state index contributed by atoms with van der Waals surface area (Å²) < 4.78 is 3.57. The van der Waals surface area contributed by atoms with Crippen LogP contribution in [0.3, 0.4) is 0 Å². The van der Waals surface area contributed by atoms with E-state index in [2.05, 4.69) is 20.7 Å². The molecule has 1 aliphatic rings. The first-order valence-electron chi connectivity index (χ1n) is 8.43. The number of hydrogen-bond acceptors (Lipinski definition) is 4. The highest BCUT2D eigenvalue weighted by molar-refractivity contribution is 5.90. The van der Waals surface area contributed by atoms with E-state index in [4.69, 9.17) is 0 Å². The Morgan fingerprint density at radius 3 is 2.88 bits per heavy atom. The Morgan fingerprint density at radius 2 is 2.00 bits per heavy atom. The zero-order valence-electron chi connectivity index (χ0n) is 13.4. The van der Waals surface area contributed by atoms with Crippen molar-refractivity contribution in [3.8, 4) is 0 Å². The molecule has 2 aromatic heterocycles. The number of para-hydroxylation sites is 1. The fraction of sp³-hybridized carbons (Fsp3) is 0.412. The van der Waals surface area contributed by atoms with Gasteiger partial charge in [-0.05, 0) is 25.0 Å². The standard InChI is InChI=1S/C17H20N6O/c24-17(12-22-15-9-5-4-8-14(15)20-21-22)19-16-10-11-18-23(16)13-6-2-1-3-7-13/h4-5,8-11,13H,1-3,6-7,12H2,(H,19,24). The maximum Gasteiger partial charge on any atom is 0.247 e. The van der Waals surface area contributed by atoms with Crippen molar-refractivity contribution in [2.75, 3.05) is 5.32 Å². The second kappa shape index (κ2) is 6.43. The minimum Gasteiger partial charge on any atom is -0.309 e. The Kier molecular flexibility index (Phi) is 3.98. The molecule has 3 aromatic rings. The van der Waals surface area contributed by atoms with Crippen LogP contribution in [-0.4, -0.2) is 30.7 Å². The van der Waals surface area contributed by atoms with Crippen LogP contribution in [0.2, 0.25) is 0 Å². The number of carbonyl (C=O) groups is 1. The van der Waals surface area contributed by atoms with Crippen LogP contribution >= 0.6 is 0 Å². The van der Waals surface area contributed by atoms with Crippen molar-refractivity contribution >= 4 is 22.8 Å². The molecule has 1 amide bonds. The third-order valence-electron chi connectivity index (χ3n) is 4.57. The Hall–Kier alpha value is -2.70. The van der Waals surface area contributed by atoms with Crippen LogP contribution in [0.4, 0.5) is 5.82 Å². The molecule has 2 heterocycles. The lowest BCUT2D eigenvalue weighted by Gasteiger charge is -2.23. The number of nitrogens with one attached hydrogen (secondary N) is 1. The van der Waals surface area contributed by atoms with E-state index in [9.17, 15) is 4.79 Å². The van der Waals surface area contributed by atoms with Crippen LogP contribution in [-0.2, 0) is 11.3 Å². The molecule has 7 nitrogen and oxygen atoms in total. The van der Waals surface area contributed by atoms with Gasteiger partial charge in [-0.15, -0.1) is 5.10 Å². The van der Waals surface area contributed by atoms with Crippen molar-refractivity contribution in [1.29, 1.82) is 0 Å². The van der Waals surface area contributed by atoms with Gasteiger partial charge in [-0.3, -0.25) is 4.79 Å². The molecular formula is C17H20N6O. The molecule has 1 N–H and O–H groups in total. The molecular weight excluding hydrogens is 304 g/mol. The molecule has 24 heavy (non-hydrogen) atoms. The summed E-state index contributed by atoms with van der Waals surface area (Å²) in [5.41, 5.74) is 1.64. The molecule has 4 rings (SSSR count). The fourth-order valence-electron chi connectivity index (χ4n) is 3.38. The first-order chi connectivity index (χ1) is 11.8. The predicted molar refractivity (Wildman–Crippen MR) is 90.5 cm³/mol. The van der Waals surface area contributed by atoms with E-state index in [1.54, 1.807) is 10.9 Å². The molecule has 0 aliphatic heterocycles. The van der Waals surface area contributed by atoms with Gasteiger partial charge in [0.15, 0.2) is 0 Å². The van der Waals surface area contributed by atoms with E-state index in [0.29, 0.717) is 6.04 Å². The third kappa shape index (κ3) is 2.89. The van der Waals surface area contributed by atoms with Crippen molar-refractivity contribution in [1.82, 2.24) is 24.8 Å². The van der Waals surface area contributed by atoms with Gasteiger partial charge in [0.2, 0.25) is 5.91 Å². The van der Waals surface area contributed by atoms with Gasteiger partial charge in [0.05, 0.1) is 17.8 Å². The molecule has 0 unspecified atom stereocenters. The van der Waals surface area contributed by atoms with Crippen molar-refractivity contribution in [2.45, 2.75) is 44.7 Å². The molecule has 1 fully saturated rings. The van der Waals surface area contributed by atoms with Crippen LogP contribution in [0, 0.1) is 0 Å². The van der Waals surface area contributed by atoms with Gasteiger partial charge in [-0.25, -0.2) is 9.36 Å². The van der Waals surface area contributed by atoms with Crippen LogP contribution < -0.4 is 5.32 Å². The maximum atomic E-state index is 12.4. The number of aromatic nitrogens is 5. The topological polar surface area (TPSA) is 77.6 Å². The van der Waals surface area contributed by atoms with Crippen LogP contribution in [0.25, 0.3) is 11.0 Å². The number of rotatable bonds is 4. The molecule has 0 atom stereocenters. The average molecular weight is 324 g/mol. The summed E-state index contributed by atoms with van der Waals surface area (Å²) in [5, 5.41) is 15.5. The summed E-state index contributed by atoms with van der Waals surface area (Å²) >= 11 is 0. The van der Waals surface area contributed by atoms with Crippen molar-refractivity contribution in [3.05, 3.63) is 36.5 Å². The quantitative estimate of drug-likeness (QED) is 0.800. The number of benzene rings is 1. The van der Waals surface area contributed by atoms with Gasteiger partial charge in [0.1, 0.15) is 17.9 Å². The van der Waals surface area contributed by atoms with Crippen molar-refractivity contribution in [2.24, 2.45) is 0 Å².